The summed E-state index contributed by atoms with van der Waals surface area (Å²) in [6.07, 6.45) is 2.45. The maximum absolute atomic E-state index is 6.18. The number of rotatable bonds is 4. The molecule has 1 N–H and O–H groups in total. The first-order chi connectivity index (χ1) is 8.27. The zero-order valence-electron chi connectivity index (χ0n) is 10.3. The molecule has 3 heteroatoms. The van der Waals surface area contributed by atoms with E-state index in [-0.39, 0.29) is 0 Å². The molecule has 0 radical (unpaired) electrons. The second-order valence-corrected chi connectivity index (χ2v) is 5.14. The van der Waals surface area contributed by atoms with Gasteiger partial charge in [0, 0.05) is 24.2 Å². The van der Waals surface area contributed by atoms with Gasteiger partial charge in [0.15, 0.2) is 0 Å². The van der Waals surface area contributed by atoms with Crippen LogP contribution in [-0.4, -0.2) is 19.8 Å². The van der Waals surface area contributed by atoms with Gasteiger partial charge in [0.25, 0.3) is 0 Å². The Morgan fingerprint density at radius 2 is 2.29 bits per heavy atom. The van der Waals surface area contributed by atoms with Crippen LogP contribution in [0.5, 0.6) is 0 Å². The van der Waals surface area contributed by atoms with Crippen LogP contribution < -0.4 is 5.32 Å². The molecule has 94 valence electrons. The highest BCUT2D eigenvalue weighted by molar-refractivity contribution is 6.31. The lowest BCUT2D eigenvalue weighted by molar-refractivity contribution is 0.0540. The van der Waals surface area contributed by atoms with Crippen LogP contribution in [0.15, 0.2) is 24.3 Å². The Hall–Kier alpha value is -0.570. The Morgan fingerprint density at radius 3 is 3.00 bits per heavy atom. The first-order valence-electron chi connectivity index (χ1n) is 6.33. The molecule has 17 heavy (non-hydrogen) atoms. The van der Waals surface area contributed by atoms with Crippen LogP contribution in [-0.2, 0) is 4.74 Å². The summed E-state index contributed by atoms with van der Waals surface area (Å²) in [5.74, 6) is 0.647. The predicted molar refractivity (Wildman–Crippen MR) is 71.4 cm³/mol. The van der Waals surface area contributed by atoms with E-state index in [0.717, 1.165) is 24.8 Å². The second-order valence-electron chi connectivity index (χ2n) is 4.73. The van der Waals surface area contributed by atoms with Gasteiger partial charge in [-0.2, -0.15) is 0 Å². The van der Waals surface area contributed by atoms with Crippen LogP contribution in [0.4, 0.5) is 0 Å². The van der Waals surface area contributed by atoms with E-state index in [1.54, 1.807) is 0 Å². The van der Waals surface area contributed by atoms with E-state index in [1.165, 1.54) is 18.4 Å². The number of hydrogen-bond acceptors (Lipinski definition) is 2. The number of ether oxygens (including phenoxy) is 1. The first-order valence-corrected chi connectivity index (χ1v) is 6.70. The van der Waals surface area contributed by atoms with E-state index in [2.05, 4.69) is 18.3 Å². The lowest BCUT2D eigenvalue weighted by atomic mass is 10.0. The third-order valence-corrected chi connectivity index (χ3v) is 3.68. The van der Waals surface area contributed by atoms with Gasteiger partial charge < -0.3 is 10.1 Å². The highest BCUT2D eigenvalue weighted by Crippen LogP contribution is 2.22. The smallest absolute Gasteiger partial charge is 0.0506 e. The minimum Gasteiger partial charge on any atom is -0.381 e. The molecule has 1 unspecified atom stereocenters. The lowest BCUT2D eigenvalue weighted by Crippen LogP contribution is -2.30. The monoisotopic (exact) mass is 253 g/mol. The van der Waals surface area contributed by atoms with E-state index >= 15 is 0 Å². The molecule has 1 heterocycles. The van der Waals surface area contributed by atoms with Crippen molar-refractivity contribution in [1.29, 1.82) is 0 Å². The Bertz CT molecular complexity index is 350. The molecule has 2 rings (SSSR count). The van der Waals surface area contributed by atoms with E-state index in [0.29, 0.717) is 12.0 Å². The van der Waals surface area contributed by atoms with Crippen LogP contribution in [0.2, 0.25) is 5.02 Å². The molecule has 0 spiro atoms. The van der Waals surface area contributed by atoms with Crippen molar-refractivity contribution in [2.45, 2.75) is 25.8 Å². The van der Waals surface area contributed by atoms with Crippen molar-refractivity contribution < 1.29 is 4.74 Å². The first kappa shape index (κ1) is 12.9. The van der Waals surface area contributed by atoms with Crippen LogP contribution in [0.1, 0.15) is 31.4 Å². The molecule has 1 aliphatic heterocycles. The summed E-state index contributed by atoms with van der Waals surface area (Å²) in [6, 6.07) is 8.32. The standard InChI is InChI=1S/C14H20ClNO/c1-11(13-6-2-3-7-14(13)15)16-9-12-5-4-8-17-10-12/h2-3,6-7,11-12,16H,4-5,8-10H2,1H3/t11-,12?/m1/s1. The third kappa shape index (κ3) is 3.70. The Balaban J connectivity index is 1.84. The van der Waals surface area contributed by atoms with Crippen molar-refractivity contribution in [2.24, 2.45) is 5.92 Å². The maximum Gasteiger partial charge on any atom is 0.0506 e. The molecule has 0 aromatic heterocycles. The average molecular weight is 254 g/mol. The summed E-state index contributed by atoms with van der Waals surface area (Å²) >= 11 is 6.18. The molecular weight excluding hydrogens is 234 g/mol. The largest absolute Gasteiger partial charge is 0.381 e. The minimum absolute atomic E-state index is 0.297. The molecule has 1 fully saturated rings. The topological polar surface area (TPSA) is 21.3 Å². The van der Waals surface area contributed by atoms with Crippen molar-refractivity contribution >= 4 is 11.6 Å². The quantitative estimate of drug-likeness (QED) is 0.888. The Morgan fingerprint density at radius 1 is 1.47 bits per heavy atom. The van der Waals surface area contributed by atoms with Crippen LogP contribution in [0, 0.1) is 5.92 Å². The van der Waals surface area contributed by atoms with Gasteiger partial charge in [-0.1, -0.05) is 29.8 Å². The van der Waals surface area contributed by atoms with Crippen molar-refractivity contribution in [1.82, 2.24) is 5.32 Å². The van der Waals surface area contributed by atoms with Gasteiger partial charge >= 0.3 is 0 Å². The summed E-state index contributed by atoms with van der Waals surface area (Å²) in [4.78, 5) is 0. The summed E-state index contributed by atoms with van der Waals surface area (Å²) in [6.45, 7) is 4.98. The fraction of sp³-hybridized carbons (Fsp3) is 0.571. The number of halogens is 1. The van der Waals surface area contributed by atoms with Gasteiger partial charge in [0.1, 0.15) is 0 Å². The third-order valence-electron chi connectivity index (χ3n) is 3.34. The van der Waals surface area contributed by atoms with Gasteiger partial charge in [-0.05, 0) is 37.3 Å². The van der Waals surface area contributed by atoms with Crippen molar-refractivity contribution in [3.63, 3.8) is 0 Å². The highest BCUT2D eigenvalue weighted by Gasteiger charge is 2.15. The van der Waals surface area contributed by atoms with Gasteiger partial charge in [-0.25, -0.2) is 0 Å². The van der Waals surface area contributed by atoms with Gasteiger partial charge in [0.05, 0.1) is 6.61 Å². The minimum atomic E-state index is 0.297. The predicted octanol–water partition coefficient (Wildman–Crippen LogP) is 3.42. The second kappa shape index (κ2) is 6.39. The molecule has 0 aliphatic carbocycles. The summed E-state index contributed by atoms with van der Waals surface area (Å²) in [7, 11) is 0. The van der Waals surface area contributed by atoms with E-state index in [9.17, 15) is 0 Å². The summed E-state index contributed by atoms with van der Waals surface area (Å²) < 4.78 is 5.48. The van der Waals surface area contributed by atoms with Crippen molar-refractivity contribution in [2.75, 3.05) is 19.8 Å². The fourth-order valence-corrected chi connectivity index (χ4v) is 2.55. The molecular formula is C14H20ClNO. The number of nitrogens with one attached hydrogen (secondary N) is 1. The number of hydrogen-bond donors (Lipinski definition) is 1. The fourth-order valence-electron chi connectivity index (χ4n) is 2.25. The summed E-state index contributed by atoms with van der Waals surface area (Å²) in [5.41, 5.74) is 1.17. The normalized spacial score (nSPS) is 22.4. The molecule has 0 amide bonds. The van der Waals surface area contributed by atoms with E-state index < -0.39 is 0 Å². The average Bonchev–Trinajstić information content (AvgIpc) is 2.38. The molecule has 1 aromatic carbocycles. The van der Waals surface area contributed by atoms with Gasteiger partial charge in [-0.15, -0.1) is 0 Å². The van der Waals surface area contributed by atoms with E-state index in [4.69, 9.17) is 16.3 Å². The molecule has 1 saturated heterocycles. The van der Waals surface area contributed by atoms with Gasteiger partial charge in [0.2, 0.25) is 0 Å². The number of benzene rings is 1. The van der Waals surface area contributed by atoms with Crippen molar-refractivity contribution in [3.05, 3.63) is 34.9 Å². The zero-order valence-corrected chi connectivity index (χ0v) is 11.0. The van der Waals surface area contributed by atoms with Gasteiger partial charge in [-0.3, -0.25) is 0 Å². The van der Waals surface area contributed by atoms with Crippen LogP contribution >= 0.6 is 11.6 Å². The molecule has 0 saturated carbocycles. The zero-order chi connectivity index (χ0) is 12.1. The Labute approximate surface area is 108 Å². The molecule has 2 atom stereocenters. The van der Waals surface area contributed by atoms with E-state index in [1.807, 2.05) is 18.2 Å². The molecule has 2 nitrogen and oxygen atoms in total. The molecule has 1 aliphatic rings. The lowest BCUT2D eigenvalue weighted by Gasteiger charge is -2.24. The molecule has 1 aromatic rings. The highest BCUT2D eigenvalue weighted by atomic mass is 35.5. The van der Waals surface area contributed by atoms with Crippen molar-refractivity contribution in [3.8, 4) is 0 Å². The Kier molecular flexibility index (Phi) is 4.84. The maximum atomic E-state index is 6.18. The van der Waals surface area contributed by atoms with Crippen LogP contribution in [0.25, 0.3) is 0 Å². The molecule has 0 bridgehead atoms. The van der Waals surface area contributed by atoms with Crippen LogP contribution in [0.3, 0.4) is 0 Å². The SMILES string of the molecule is C[C@@H](NCC1CCCOC1)c1ccccc1Cl. The summed E-state index contributed by atoms with van der Waals surface area (Å²) in [5, 5.41) is 4.39.